The molecule has 160 valence electrons. The summed E-state index contributed by atoms with van der Waals surface area (Å²) in [6, 6.07) is 3.10. The Morgan fingerprint density at radius 3 is 2.27 bits per heavy atom. The summed E-state index contributed by atoms with van der Waals surface area (Å²) < 4.78 is 20.4. The van der Waals surface area contributed by atoms with Crippen molar-refractivity contribution in [2.24, 2.45) is 0 Å². The maximum absolute atomic E-state index is 12.3. The number of thiophene rings is 1. The summed E-state index contributed by atoms with van der Waals surface area (Å²) in [5, 5.41) is 6.88. The molecule has 0 saturated heterocycles. The van der Waals surface area contributed by atoms with Gasteiger partial charge < -0.3 is 29.6 Å². The number of rotatable bonds is 6. The number of hydrogen-bond donors (Lipinski definition) is 2. The SMILES string of the molecule is COC(=O)c1cc(OC)c(OC)cc1NC(=S)Nc1sc2c(c1C(=O)OC)CCC2. The second-order valence-corrected chi connectivity index (χ2v) is 7.89. The van der Waals surface area contributed by atoms with Gasteiger partial charge in [0.05, 0.1) is 45.3 Å². The fourth-order valence-corrected chi connectivity index (χ4v) is 4.89. The number of fused-ring (bicyclic) bond motifs is 1. The Morgan fingerprint density at radius 2 is 1.63 bits per heavy atom. The van der Waals surface area contributed by atoms with Crippen molar-refractivity contribution in [3.05, 3.63) is 33.7 Å². The quantitative estimate of drug-likeness (QED) is 0.505. The monoisotopic (exact) mass is 450 g/mol. The second kappa shape index (κ2) is 9.31. The Bertz CT molecular complexity index is 1000. The highest BCUT2D eigenvalue weighted by atomic mass is 32.1. The van der Waals surface area contributed by atoms with Crippen LogP contribution in [0.3, 0.4) is 0 Å². The lowest BCUT2D eigenvalue weighted by molar-refractivity contribution is 0.0592. The van der Waals surface area contributed by atoms with Crippen LogP contribution in [0.15, 0.2) is 12.1 Å². The molecule has 0 fully saturated rings. The molecule has 0 atom stereocenters. The Morgan fingerprint density at radius 1 is 0.967 bits per heavy atom. The fourth-order valence-electron chi connectivity index (χ4n) is 3.33. The van der Waals surface area contributed by atoms with Crippen molar-refractivity contribution in [3.8, 4) is 11.5 Å². The van der Waals surface area contributed by atoms with Gasteiger partial charge in [0.25, 0.3) is 0 Å². The molecular formula is C20H22N2O6S2. The molecule has 0 unspecified atom stereocenters. The van der Waals surface area contributed by atoms with Crippen molar-refractivity contribution < 1.29 is 28.5 Å². The van der Waals surface area contributed by atoms with Crippen molar-refractivity contribution in [1.29, 1.82) is 0 Å². The minimum Gasteiger partial charge on any atom is -0.493 e. The zero-order chi connectivity index (χ0) is 21.8. The number of carbonyl (C=O) groups excluding carboxylic acids is 2. The third-order valence-electron chi connectivity index (χ3n) is 4.72. The van der Waals surface area contributed by atoms with E-state index in [0.29, 0.717) is 27.8 Å². The molecule has 2 aromatic rings. The first-order valence-electron chi connectivity index (χ1n) is 9.08. The normalized spacial score (nSPS) is 12.0. The maximum Gasteiger partial charge on any atom is 0.341 e. The molecule has 1 heterocycles. The van der Waals surface area contributed by atoms with Gasteiger partial charge in [-0.25, -0.2) is 9.59 Å². The highest BCUT2D eigenvalue weighted by Gasteiger charge is 2.28. The average molecular weight is 451 g/mol. The van der Waals surface area contributed by atoms with Gasteiger partial charge in [-0.05, 0) is 37.0 Å². The van der Waals surface area contributed by atoms with Crippen molar-refractivity contribution in [3.63, 3.8) is 0 Å². The molecule has 0 bridgehead atoms. The van der Waals surface area contributed by atoms with Crippen LogP contribution >= 0.6 is 23.6 Å². The number of benzene rings is 1. The summed E-state index contributed by atoms with van der Waals surface area (Å²) in [5.41, 5.74) is 2.13. The lowest BCUT2D eigenvalue weighted by Gasteiger charge is -2.16. The number of anilines is 2. The molecule has 30 heavy (non-hydrogen) atoms. The van der Waals surface area contributed by atoms with Gasteiger partial charge in [0, 0.05) is 17.0 Å². The standard InChI is InChI=1S/C20H22N2O6S2/c1-25-13-8-11(18(23)27-3)12(9-14(13)26-2)21-20(29)22-17-16(19(24)28-4)10-6-5-7-15(10)30-17/h8-9H,5-7H2,1-4H3,(H2,21,22,29). The molecule has 1 aliphatic rings. The average Bonchev–Trinajstić information content (AvgIpc) is 3.32. The third-order valence-corrected chi connectivity index (χ3v) is 6.13. The van der Waals surface area contributed by atoms with Crippen molar-refractivity contribution in [2.75, 3.05) is 39.1 Å². The molecule has 0 amide bonds. The molecule has 2 N–H and O–H groups in total. The fraction of sp³-hybridized carbons (Fsp3) is 0.350. The van der Waals surface area contributed by atoms with E-state index in [4.69, 9.17) is 31.2 Å². The Kier molecular flexibility index (Phi) is 6.78. The number of carbonyl (C=O) groups is 2. The predicted molar refractivity (Wildman–Crippen MR) is 118 cm³/mol. The number of methoxy groups -OCH3 is 4. The summed E-state index contributed by atoms with van der Waals surface area (Å²) in [6.07, 6.45) is 2.77. The van der Waals surface area contributed by atoms with Gasteiger partial charge in [-0.15, -0.1) is 11.3 Å². The van der Waals surface area contributed by atoms with E-state index in [1.54, 1.807) is 6.07 Å². The molecule has 0 aliphatic heterocycles. The Balaban J connectivity index is 1.90. The van der Waals surface area contributed by atoms with Gasteiger partial charge in [0.15, 0.2) is 16.6 Å². The highest BCUT2D eigenvalue weighted by Crippen LogP contribution is 2.40. The highest BCUT2D eigenvalue weighted by molar-refractivity contribution is 7.80. The molecule has 10 heteroatoms. The smallest absolute Gasteiger partial charge is 0.341 e. The lowest BCUT2D eigenvalue weighted by atomic mass is 10.1. The second-order valence-electron chi connectivity index (χ2n) is 6.38. The molecule has 8 nitrogen and oxygen atoms in total. The summed E-state index contributed by atoms with van der Waals surface area (Å²) in [4.78, 5) is 25.7. The van der Waals surface area contributed by atoms with E-state index < -0.39 is 11.9 Å². The van der Waals surface area contributed by atoms with E-state index in [1.165, 1.54) is 45.8 Å². The number of thiocarbonyl (C=S) groups is 1. The summed E-state index contributed by atoms with van der Waals surface area (Å²) in [5.74, 6) is -0.168. The van der Waals surface area contributed by atoms with E-state index in [0.717, 1.165) is 29.7 Å². The number of nitrogens with one attached hydrogen (secondary N) is 2. The van der Waals surface area contributed by atoms with Crippen LogP contribution in [-0.2, 0) is 22.3 Å². The number of ether oxygens (including phenoxy) is 4. The minimum absolute atomic E-state index is 0.206. The number of esters is 2. The minimum atomic E-state index is -0.563. The number of hydrogen-bond acceptors (Lipinski definition) is 8. The van der Waals surface area contributed by atoms with E-state index >= 15 is 0 Å². The first-order valence-corrected chi connectivity index (χ1v) is 10.3. The Hall–Kier alpha value is -2.85. The van der Waals surface area contributed by atoms with E-state index in [2.05, 4.69) is 10.6 Å². The van der Waals surface area contributed by atoms with Gasteiger partial charge in [-0.2, -0.15) is 0 Å². The van der Waals surface area contributed by atoms with E-state index in [1.807, 2.05) is 0 Å². The van der Waals surface area contributed by atoms with Crippen LogP contribution in [0.5, 0.6) is 11.5 Å². The lowest BCUT2D eigenvalue weighted by Crippen LogP contribution is -2.22. The van der Waals surface area contributed by atoms with Crippen LogP contribution in [0.1, 0.15) is 37.6 Å². The van der Waals surface area contributed by atoms with Crippen LogP contribution < -0.4 is 20.1 Å². The predicted octanol–water partition coefficient (Wildman–Crippen LogP) is 3.64. The number of aryl methyl sites for hydroxylation is 1. The zero-order valence-corrected chi connectivity index (χ0v) is 18.7. The van der Waals surface area contributed by atoms with Crippen LogP contribution in [0, 0.1) is 0 Å². The molecule has 1 aromatic carbocycles. The van der Waals surface area contributed by atoms with Crippen LogP contribution in [0.25, 0.3) is 0 Å². The van der Waals surface area contributed by atoms with Crippen molar-refractivity contribution in [1.82, 2.24) is 0 Å². The molecular weight excluding hydrogens is 428 g/mol. The van der Waals surface area contributed by atoms with Crippen molar-refractivity contribution >= 4 is 51.3 Å². The van der Waals surface area contributed by atoms with Gasteiger partial charge in [-0.3, -0.25) is 0 Å². The molecule has 1 aromatic heterocycles. The van der Waals surface area contributed by atoms with E-state index in [9.17, 15) is 9.59 Å². The largest absolute Gasteiger partial charge is 0.493 e. The zero-order valence-electron chi connectivity index (χ0n) is 17.0. The maximum atomic E-state index is 12.3. The molecule has 1 aliphatic carbocycles. The summed E-state index contributed by atoms with van der Waals surface area (Å²) in [7, 11) is 5.61. The molecule has 0 spiro atoms. The van der Waals surface area contributed by atoms with Gasteiger partial charge in [0.1, 0.15) is 5.00 Å². The van der Waals surface area contributed by atoms with Gasteiger partial charge in [0.2, 0.25) is 0 Å². The van der Waals surface area contributed by atoms with Gasteiger partial charge >= 0.3 is 11.9 Å². The molecule has 0 radical (unpaired) electrons. The Labute approximate surface area is 183 Å². The van der Waals surface area contributed by atoms with Crippen molar-refractivity contribution in [2.45, 2.75) is 19.3 Å². The third kappa shape index (κ3) is 4.19. The first-order chi connectivity index (χ1) is 14.4. The van der Waals surface area contributed by atoms with Gasteiger partial charge in [-0.1, -0.05) is 0 Å². The van der Waals surface area contributed by atoms with Crippen LogP contribution in [0.2, 0.25) is 0 Å². The molecule has 0 saturated carbocycles. The summed E-state index contributed by atoms with van der Waals surface area (Å²) >= 11 is 6.92. The first kappa shape index (κ1) is 21.8. The van der Waals surface area contributed by atoms with Crippen LogP contribution in [0.4, 0.5) is 10.7 Å². The van der Waals surface area contributed by atoms with Crippen LogP contribution in [-0.4, -0.2) is 45.5 Å². The summed E-state index contributed by atoms with van der Waals surface area (Å²) in [6.45, 7) is 0. The van der Waals surface area contributed by atoms with E-state index in [-0.39, 0.29) is 10.7 Å². The topological polar surface area (TPSA) is 95.1 Å². The molecule has 3 rings (SSSR count).